The molecule has 5 nitrogen and oxygen atoms in total. The minimum atomic E-state index is -0.154. The topological polar surface area (TPSA) is 62.6 Å². The van der Waals surface area contributed by atoms with Crippen LogP contribution >= 0.6 is 22.9 Å². The Morgan fingerprint density at radius 2 is 1.88 bits per heavy atom. The van der Waals surface area contributed by atoms with Gasteiger partial charge in [0.05, 0.1) is 18.7 Å². The summed E-state index contributed by atoms with van der Waals surface area (Å²) in [4.78, 5) is 36.8. The number of benzene rings is 1. The van der Waals surface area contributed by atoms with Crippen molar-refractivity contribution in [1.29, 1.82) is 0 Å². The van der Waals surface area contributed by atoms with Crippen LogP contribution in [0.5, 0.6) is 0 Å². The first kappa shape index (κ1) is 17.5. The van der Waals surface area contributed by atoms with Crippen LogP contribution in [0.3, 0.4) is 0 Å². The standard InChI is InChI=1S/C19H18ClN3O2S/c20-13-5-3-12(4-6-13)19-22-16-15(24)11-14(17(25)18(16)26-19)21-7-10-23-8-1-2-9-23/h3-6H,1-2,7-11H2. The lowest BCUT2D eigenvalue weighted by atomic mass is 9.98. The van der Waals surface area contributed by atoms with Crippen LogP contribution in [0.4, 0.5) is 0 Å². The van der Waals surface area contributed by atoms with Crippen LogP contribution in [-0.4, -0.2) is 53.3 Å². The highest BCUT2D eigenvalue weighted by molar-refractivity contribution is 7.18. The second-order valence-electron chi connectivity index (χ2n) is 6.51. The van der Waals surface area contributed by atoms with Crippen LogP contribution < -0.4 is 0 Å². The summed E-state index contributed by atoms with van der Waals surface area (Å²) in [7, 11) is 0. The maximum atomic E-state index is 12.7. The van der Waals surface area contributed by atoms with Crippen LogP contribution in [0.2, 0.25) is 5.02 Å². The molecule has 0 saturated carbocycles. The summed E-state index contributed by atoms with van der Waals surface area (Å²) in [5, 5.41) is 1.29. The summed E-state index contributed by atoms with van der Waals surface area (Å²) in [5.74, 6) is -0.283. The van der Waals surface area contributed by atoms with E-state index in [0.29, 0.717) is 27.2 Å². The van der Waals surface area contributed by atoms with Gasteiger partial charge in [0.2, 0.25) is 5.78 Å². The van der Waals surface area contributed by atoms with Crippen molar-refractivity contribution in [2.24, 2.45) is 4.99 Å². The largest absolute Gasteiger partial charge is 0.301 e. The Morgan fingerprint density at radius 1 is 1.15 bits per heavy atom. The number of thiazole rings is 1. The number of fused-ring (bicyclic) bond motifs is 1. The van der Waals surface area contributed by atoms with E-state index in [1.807, 2.05) is 12.1 Å². The summed E-state index contributed by atoms with van der Waals surface area (Å²) in [6.07, 6.45) is 2.51. The van der Waals surface area contributed by atoms with E-state index < -0.39 is 0 Å². The zero-order valence-corrected chi connectivity index (χ0v) is 15.8. The fourth-order valence-corrected chi connectivity index (χ4v) is 4.46. The molecule has 0 atom stereocenters. The lowest BCUT2D eigenvalue weighted by molar-refractivity contribution is 0.0963. The van der Waals surface area contributed by atoms with Crippen molar-refractivity contribution in [2.45, 2.75) is 19.3 Å². The first-order chi connectivity index (χ1) is 12.6. The number of carbonyl (C=O) groups excluding carboxylic acids is 2. The molecule has 0 amide bonds. The SMILES string of the molecule is O=C1CC(=NCCN2CCCC2)C(=O)c2sc(-c3ccc(Cl)cc3)nc21. The molecule has 26 heavy (non-hydrogen) atoms. The summed E-state index contributed by atoms with van der Waals surface area (Å²) >= 11 is 7.17. The molecule has 2 heterocycles. The van der Waals surface area contributed by atoms with Gasteiger partial charge in [0.25, 0.3) is 0 Å². The predicted octanol–water partition coefficient (Wildman–Crippen LogP) is 3.77. The van der Waals surface area contributed by atoms with Crippen molar-refractivity contribution >= 4 is 40.2 Å². The van der Waals surface area contributed by atoms with Crippen molar-refractivity contribution in [3.8, 4) is 10.6 Å². The Kier molecular flexibility index (Phi) is 4.98. The van der Waals surface area contributed by atoms with Gasteiger partial charge in [-0.05, 0) is 38.1 Å². The monoisotopic (exact) mass is 387 g/mol. The average molecular weight is 388 g/mol. The van der Waals surface area contributed by atoms with Gasteiger partial charge in [0.15, 0.2) is 5.78 Å². The van der Waals surface area contributed by atoms with E-state index in [0.717, 1.165) is 25.2 Å². The first-order valence-corrected chi connectivity index (χ1v) is 9.91. The van der Waals surface area contributed by atoms with Gasteiger partial charge in [-0.3, -0.25) is 14.6 Å². The minimum absolute atomic E-state index is 0.0512. The van der Waals surface area contributed by atoms with Crippen molar-refractivity contribution in [3.63, 3.8) is 0 Å². The van der Waals surface area contributed by atoms with Crippen LogP contribution in [-0.2, 0) is 0 Å². The quantitative estimate of drug-likeness (QED) is 0.801. The Labute approximate surface area is 160 Å². The molecule has 1 fully saturated rings. The predicted molar refractivity (Wildman–Crippen MR) is 104 cm³/mol. The number of aliphatic imine (C=N–C) groups is 1. The molecule has 1 aliphatic carbocycles. The Balaban J connectivity index is 1.55. The number of Topliss-reactive ketones (excluding diaryl/α,β-unsaturated/α-hetero) is 2. The molecule has 1 saturated heterocycles. The smallest absolute Gasteiger partial charge is 0.219 e. The lowest BCUT2D eigenvalue weighted by Gasteiger charge is -2.14. The van der Waals surface area contributed by atoms with E-state index in [1.54, 1.807) is 12.1 Å². The third-order valence-corrected chi connectivity index (χ3v) is 6.05. The highest BCUT2D eigenvalue weighted by atomic mass is 35.5. The average Bonchev–Trinajstić information content (AvgIpc) is 3.30. The Bertz CT molecular complexity index is 883. The summed E-state index contributed by atoms with van der Waals surface area (Å²) < 4.78 is 0. The van der Waals surface area contributed by atoms with Gasteiger partial charge in [-0.2, -0.15) is 0 Å². The number of nitrogens with zero attached hydrogens (tertiary/aromatic N) is 3. The van der Waals surface area contributed by atoms with Crippen LogP contribution in [0.25, 0.3) is 10.6 Å². The van der Waals surface area contributed by atoms with E-state index in [9.17, 15) is 9.59 Å². The van der Waals surface area contributed by atoms with E-state index >= 15 is 0 Å². The van der Waals surface area contributed by atoms with Gasteiger partial charge in [0.1, 0.15) is 15.6 Å². The number of halogens is 1. The van der Waals surface area contributed by atoms with Crippen molar-refractivity contribution < 1.29 is 9.59 Å². The molecule has 1 aliphatic heterocycles. The second-order valence-corrected chi connectivity index (χ2v) is 7.95. The third-order valence-electron chi connectivity index (χ3n) is 4.70. The van der Waals surface area contributed by atoms with Crippen molar-refractivity contribution in [1.82, 2.24) is 9.88 Å². The molecule has 134 valence electrons. The Hall–Kier alpha value is -1.89. The number of hydrogen-bond donors (Lipinski definition) is 0. The molecule has 2 aromatic rings. The number of likely N-dealkylation sites (tertiary alicyclic amines) is 1. The number of aromatic nitrogens is 1. The number of hydrogen-bond acceptors (Lipinski definition) is 6. The zero-order valence-electron chi connectivity index (χ0n) is 14.2. The maximum Gasteiger partial charge on any atom is 0.219 e. The summed E-state index contributed by atoms with van der Waals surface area (Å²) in [6.45, 7) is 3.60. The molecule has 0 bridgehead atoms. The molecule has 0 radical (unpaired) electrons. The highest BCUT2D eigenvalue weighted by Gasteiger charge is 2.33. The van der Waals surface area contributed by atoms with E-state index in [-0.39, 0.29) is 23.7 Å². The normalized spacial score (nSPS) is 19.3. The van der Waals surface area contributed by atoms with Crippen LogP contribution in [0, 0.1) is 0 Å². The molecular formula is C19H18ClN3O2S. The first-order valence-electron chi connectivity index (χ1n) is 8.72. The van der Waals surface area contributed by atoms with E-state index in [2.05, 4.69) is 14.9 Å². The molecule has 1 aromatic carbocycles. The van der Waals surface area contributed by atoms with Crippen LogP contribution in [0.1, 0.15) is 39.4 Å². The molecule has 2 aliphatic rings. The molecule has 0 N–H and O–H groups in total. The fourth-order valence-electron chi connectivity index (χ4n) is 3.29. The van der Waals surface area contributed by atoms with Gasteiger partial charge in [0, 0.05) is 17.1 Å². The summed E-state index contributed by atoms with van der Waals surface area (Å²) in [5.41, 5.74) is 1.50. The molecular weight excluding hydrogens is 370 g/mol. The minimum Gasteiger partial charge on any atom is -0.301 e. The van der Waals surface area contributed by atoms with Crippen molar-refractivity contribution in [3.05, 3.63) is 39.9 Å². The molecule has 7 heteroatoms. The van der Waals surface area contributed by atoms with Gasteiger partial charge in [-0.15, -0.1) is 11.3 Å². The van der Waals surface area contributed by atoms with Gasteiger partial charge < -0.3 is 4.90 Å². The number of rotatable bonds is 4. The summed E-state index contributed by atoms with van der Waals surface area (Å²) in [6, 6.07) is 7.22. The maximum absolute atomic E-state index is 12.7. The van der Waals surface area contributed by atoms with Gasteiger partial charge in [-0.25, -0.2) is 4.98 Å². The molecule has 4 rings (SSSR count). The molecule has 0 spiro atoms. The molecule has 1 aromatic heterocycles. The zero-order chi connectivity index (χ0) is 18.1. The van der Waals surface area contributed by atoms with Gasteiger partial charge in [-0.1, -0.05) is 23.7 Å². The lowest BCUT2D eigenvalue weighted by Crippen LogP contribution is -2.28. The molecule has 0 unspecified atom stereocenters. The fraction of sp³-hybridized carbons (Fsp3) is 0.368. The van der Waals surface area contributed by atoms with Gasteiger partial charge >= 0.3 is 0 Å². The second kappa shape index (κ2) is 7.39. The highest BCUT2D eigenvalue weighted by Crippen LogP contribution is 2.32. The Morgan fingerprint density at radius 3 is 2.62 bits per heavy atom. The van der Waals surface area contributed by atoms with E-state index in [4.69, 9.17) is 11.6 Å². The number of ketones is 2. The van der Waals surface area contributed by atoms with E-state index in [1.165, 1.54) is 24.2 Å². The van der Waals surface area contributed by atoms with Crippen LogP contribution in [0.15, 0.2) is 29.3 Å². The van der Waals surface area contributed by atoms with Crippen molar-refractivity contribution in [2.75, 3.05) is 26.2 Å². The third kappa shape index (κ3) is 3.49. The number of carbonyl (C=O) groups is 2.